The van der Waals surface area contributed by atoms with E-state index in [4.69, 9.17) is 9.47 Å². The van der Waals surface area contributed by atoms with Crippen molar-refractivity contribution >= 4 is 15.8 Å². The number of methoxy groups -OCH3 is 1. The van der Waals surface area contributed by atoms with Crippen LogP contribution in [-0.4, -0.2) is 48.9 Å². The Hall–Kier alpha value is -2.35. The summed E-state index contributed by atoms with van der Waals surface area (Å²) in [6.45, 7) is 1.95. The lowest BCUT2D eigenvalue weighted by molar-refractivity contribution is 0.0348. The Labute approximate surface area is 140 Å². The molecule has 1 aromatic carbocycles. The molecule has 1 aliphatic rings. The van der Waals surface area contributed by atoms with Gasteiger partial charge in [0, 0.05) is 6.20 Å². The summed E-state index contributed by atoms with van der Waals surface area (Å²) in [7, 11) is -1.53. The van der Waals surface area contributed by atoms with E-state index in [9.17, 15) is 13.2 Å². The van der Waals surface area contributed by atoms with Gasteiger partial charge in [0.2, 0.25) is 0 Å². The van der Waals surface area contributed by atoms with Gasteiger partial charge in [-0.2, -0.15) is 5.10 Å². The molecule has 0 aliphatic carbocycles. The first-order valence-electron chi connectivity index (χ1n) is 7.50. The molecule has 1 fully saturated rings. The van der Waals surface area contributed by atoms with Gasteiger partial charge in [-0.1, -0.05) is 6.07 Å². The number of rotatable bonds is 4. The van der Waals surface area contributed by atoms with Crippen LogP contribution in [0.1, 0.15) is 22.5 Å². The number of benzene rings is 1. The van der Waals surface area contributed by atoms with Gasteiger partial charge in [-0.3, -0.25) is 0 Å². The molecular weight excluding hydrogens is 332 g/mol. The number of aryl methyl sites for hydroxylation is 1. The molecule has 0 spiro atoms. The minimum absolute atomic E-state index is 0.0554. The predicted octanol–water partition coefficient (Wildman–Crippen LogP) is 1.53. The van der Waals surface area contributed by atoms with Crippen LogP contribution in [0.5, 0.6) is 5.75 Å². The fraction of sp³-hybridized carbons (Fsp3) is 0.375. The standard InChI is InChI=1S/C16H18N2O5S/c1-11-3-4-15(22-2)14(9-11)18-7-5-13(17-18)16(19)23-12-6-8-24(20,21)10-12/h3-5,7,9,12H,6,8,10H2,1-2H3. The first-order chi connectivity index (χ1) is 11.4. The summed E-state index contributed by atoms with van der Waals surface area (Å²) in [6, 6.07) is 7.17. The van der Waals surface area contributed by atoms with Crippen LogP contribution < -0.4 is 4.74 Å². The molecule has 1 atom stereocenters. The minimum atomic E-state index is -3.09. The zero-order chi connectivity index (χ0) is 17.3. The van der Waals surface area contributed by atoms with E-state index in [1.807, 2.05) is 25.1 Å². The van der Waals surface area contributed by atoms with Crippen molar-refractivity contribution in [3.05, 3.63) is 41.7 Å². The quantitative estimate of drug-likeness (QED) is 0.777. The van der Waals surface area contributed by atoms with E-state index >= 15 is 0 Å². The third kappa shape index (κ3) is 3.43. The molecule has 3 rings (SSSR count). The number of carbonyl (C=O) groups is 1. The van der Waals surface area contributed by atoms with Gasteiger partial charge in [0.25, 0.3) is 0 Å². The summed E-state index contributed by atoms with van der Waals surface area (Å²) in [5.74, 6) is -0.0571. The van der Waals surface area contributed by atoms with Crippen molar-refractivity contribution in [1.29, 1.82) is 0 Å². The van der Waals surface area contributed by atoms with Gasteiger partial charge in [0.15, 0.2) is 15.5 Å². The third-order valence-electron chi connectivity index (χ3n) is 3.84. The second kappa shape index (κ2) is 6.27. The molecule has 8 heteroatoms. The lowest BCUT2D eigenvalue weighted by Crippen LogP contribution is -2.20. The van der Waals surface area contributed by atoms with Crippen molar-refractivity contribution in [2.75, 3.05) is 18.6 Å². The maximum absolute atomic E-state index is 12.2. The van der Waals surface area contributed by atoms with Crippen molar-refractivity contribution in [2.45, 2.75) is 19.4 Å². The maximum Gasteiger partial charge on any atom is 0.359 e. The van der Waals surface area contributed by atoms with E-state index in [0.29, 0.717) is 17.9 Å². The van der Waals surface area contributed by atoms with E-state index in [1.54, 1.807) is 13.3 Å². The molecule has 7 nitrogen and oxygen atoms in total. The molecule has 0 saturated carbocycles. The third-order valence-corrected chi connectivity index (χ3v) is 5.58. The Balaban J connectivity index is 1.78. The minimum Gasteiger partial charge on any atom is -0.494 e. The average Bonchev–Trinajstić information content (AvgIpc) is 3.14. The molecule has 128 valence electrons. The Bertz CT molecular complexity index is 872. The Morgan fingerprint density at radius 2 is 2.12 bits per heavy atom. The fourth-order valence-corrected chi connectivity index (χ4v) is 4.20. The van der Waals surface area contributed by atoms with Gasteiger partial charge in [-0.05, 0) is 37.1 Å². The van der Waals surface area contributed by atoms with Gasteiger partial charge in [0.1, 0.15) is 17.5 Å². The highest BCUT2D eigenvalue weighted by Gasteiger charge is 2.31. The van der Waals surface area contributed by atoms with Crippen LogP contribution >= 0.6 is 0 Å². The van der Waals surface area contributed by atoms with Crippen molar-refractivity contribution < 1.29 is 22.7 Å². The second-order valence-corrected chi connectivity index (χ2v) is 7.98. The van der Waals surface area contributed by atoms with Gasteiger partial charge < -0.3 is 9.47 Å². The highest BCUT2D eigenvalue weighted by Crippen LogP contribution is 2.24. The molecule has 24 heavy (non-hydrogen) atoms. The molecular formula is C16H18N2O5S. The first-order valence-corrected chi connectivity index (χ1v) is 9.32. The Kier molecular flexibility index (Phi) is 4.31. The van der Waals surface area contributed by atoms with Crippen molar-refractivity contribution in [3.8, 4) is 11.4 Å². The van der Waals surface area contributed by atoms with Crippen LogP contribution in [0.3, 0.4) is 0 Å². The van der Waals surface area contributed by atoms with E-state index in [1.165, 1.54) is 10.7 Å². The molecule has 1 unspecified atom stereocenters. The van der Waals surface area contributed by atoms with Crippen LogP contribution in [0.2, 0.25) is 0 Å². The summed E-state index contributed by atoms with van der Waals surface area (Å²) >= 11 is 0. The lowest BCUT2D eigenvalue weighted by Gasteiger charge is -2.10. The summed E-state index contributed by atoms with van der Waals surface area (Å²) < 4.78 is 34.9. The number of carbonyl (C=O) groups excluding carboxylic acids is 1. The van der Waals surface area contributed by atoms with Crippen LogP contribution in [0.4, 0.5) is 0 Å². The number of hydrogen-bond donors (Lipinski definition) is 0. The molecule has 1 aliphatic heterocycles. The highest BCUT2D eigenvalue weighted by atomic mass is 32.2. The maximum atomic E-state index is 12.2. The molecule has 2 aromatic rings. The first kappa shape index (κ1) is 16.5. The summed E-state index contributed by atoms with van der Waals surface area (Å²) in [5, 5.41) is 4.22. The van der Waals surface area contributed by atoms with Crippen LogP contribution in [0.15, 0.2) is 30.5 Å². The molecule has 1 aromatic heterocycles. The average molecular weight is 350 g/mol. The SMILES string of the molecule is COc1ccc(C)cc1-n1ccc(C(=O)OC2CCS(=O)(=O)C2)n1. The molecule has 0 N–H and O–H groups in total. The van der Waals surface area contributed by atoms with Gasteiger partial charge in [-0.15, -0.1) is 0 Å². The van der Waals surface area contributed by atoms with Gasteiger partial charge >= 0.3 is 5.97 Å². The highest BCUT2D eigenvalue weighted by molar-refractivity contribution is 7.91. The van der Waals surface area contributed by atoms with Crippen LogP contribution in [-0.2, 0) is 14.6 Å². The van der Waals surface area contributed by atoms with Crippen molar-refractivity contribution in [3.63, 3.8) is 0 Å². The van der Waals surface area contributed by atoms with E-state index < -0.39 is 21.9 Å². The monoisotopic (exact) mass is 350 g/mol. The van der Waals surface area contributed by atoms with E-state index in [0.717, 1.165) is 5.56 Å². The normalized spacial score (nSPS) is 19.2. The van der Waals surface area contributed by atoms with Crippen LogP contribution in [0.25, 0.3) is 5.69 Å². The van der Waals surface area contributed by atoms with Gasteiger partial charge in [0.05, 0.1) is 18.6 Å². The zero-order valence-electron chi connectivity index (χ0n) is 13.4. The number of sulfone groups is 1. The van der Waals surface area contributed by atoms with Crippen molar-refractivity contribution in [1.82, 2.24) is 9.78 Å². The molecule has 0 radical (unpaired) electrons. The molecule has 1 saturated heterocycles. The molecule has 0 bridgehead atoms. The lowest BCUT2D eigenvalue weighted by atomic mass is 10.2. The molecule has 0 amide bonds. The topological polar surface area (TPSA) is 87.5 Å². The summed E-state index contributed by atoms with van der Waals surface area (Å²) in [6.07, 6.45) is 1.38. The van der Waals surface area contributed by atoms with E-state index in [2.05, 4.69) is 5.10 Å². The second-order valence-electron chi connectivity index (χ2n) is 5.75. The zero-order valence-corrected chi connectivity index (χ0v) is 14.2. The molecule has 2 heterocycles. The number of esters is 1. The largest absolute Gasteiger partial charge is 0.494 e. The summed E-state index contributed by atoms with van der Waals surface area (Å²) in [4.78, 5) is 12.2. The predicted molar refractivity (Wildman–Crippen MR) is 87.3 cm³/mol. The smallest absolute Gasteiger partial charge is 0.359 e. The van der Waals surface area contributed by atoms with Crippen molar-refractivity contribution in [2.24, 2.45) is 0 Å². The number of aromatic nitrogens is 2. The Morgan fingerprint density at radius 1 is 1.33 bits per heavy atom. The number of nitrogens with zero attached hydrogens (tertiary/aromatic N) is 2. The van der Waals surface area contributed by atoms with E-state index in [-0.39, 0.29) is 17.2 Å². The number of ether oxygens (including phenoxy) is 2. The van der Waals surface area contributed by atoms with Crippen LogP contribution in [0, 0.1) is 6.92 Å². The van der Waals surface area contributed by atoms with Gasteiger partial charge in [-0.25, -0.2) is 17.9 Å². The summed E-state index contributed by atoms with van der Waals surface area (Å²) in [5.41, 5.74) is 1.87. The fourth-order valence-electron chi connectivity index (χ4n) is 2.61. The number of hydrogen-bond acceptors (Lipinski definition) is 6. The Morgan fingerprint density at radius 3 is 2.79 bits per heavy atom.